The normalized spacial score (nSPS) is 10.2. The summed E-state index contributed by atoms with van der Waals surface area (Å²) in [4.78, 5) is 22.8. The van der Waals surface area contributed by atoms with Crippen LogP contribution < -0.4 is 5.32 Å². The van der Waals surface area contributed by atoms with E-state index in [2.05, 4.69) is 10.4 Å². The molecule has 0 atom stereocenters. The summed E-state index contributed by atoms with van der Waals surface area (Å²) in [6.07, 6.45) is 3.19. The van der Waals surface area contributed by atoms with E-state index < -0.39 is 5.97 Å². The van der Waals surface area contributed by atoms with Crippen molar-refractivity contribution in [2.75, 3.05) is 5.32 Å². The van der Waals surface area contributed by atoms with E-state index in [-0.39, 0.29) is 23.7 Å². The van der Waals surface area contributed by atoms with E-state index in [9.17, 15) is 9.59 Å². The van der Waals surface area contributed by atoms with E-state index in [1.54, 1.807) is 18.5 Å². The largest absolute Gasteiger partial charge is 0.478 e. The second-order valence-electron chi connectivity index (χ2n) is 3.75. The highest BCUT2D eigenvalue weighted by Gasteiger charge is 2.13. The average molecular weight is 280 g/mol. The Hall–Kier alpha value is -2.34. The summed E-state index contributed by atoms with van der Waals surface area (Å²) >= 11 is 5.72. The monoisotopic (exact) mass is 279 g/mol. The molecule has 19 heavy (non-hydrogen) atoms. The van der Waals surface area contributed by atoms with E-state index in [0.717, 1.165) is 0 Å². The van der Waals surface area contributed by atoms with Crippen molar-refractivity contribution in [3.63, 3.8) is 0 Å². The van der Waals surface area contributed by atoms with Crippen LogP contribution in [0.15, 0.2) is 36.7 Å². The molecule has 6 nitrogen and oxygen atoms in total. The predicted octanol–water partition coefficient (Wildman–Crippen LogP) is 1.87. The van der Waals surface area contributed by atoms with E-state index >= 15 is 0 Å². The number of rotatable bonds is 4. The summed E-state index contributed by atoms with van der Waals surface area (Å²) in [6, 6.07) is 5.94. The Morgan fingerprint density at radius 1 is 1.42 bits per heavy atom. The van der Waals surface area contributed by atoms with Crippen LogP contribution in [-0.2, 0) is 11.3 Å². The molecule has 0 saturated heterocycles. The van der Waals surface area contributed by atoms with Crippen LogP contribution in [0.3, 0.4) is 0 Å². The first-order valence-corrected chi connectivity index (χ1v) is 5.74. The first kappa shape index (κ1) is 13.1. The van der Waals surface area contributed by atoms with Gasteiger partial charge in [-0.3, -0.25) is 9.48 Å². The molecule has 0 bridgehead atoms. The molecule has 0 aliphatic heterocycles. The SMILES string of the molecule is O=C(Cn1cccn1)Nc1ccc(Cl)cc1C(=O)O. The lowest BCUT2D eigenvalue weighted by atomic mass is 10.2. The van der Waals surface area contributed by atoms with Gasteiger partial charge in [0.1, 0.15) is 6.54 Å². The molecule has 0 radical (unpaired) electrons. The minimum atomic E-state index is -1.16. The zero-order valence-electron chi connectivity index (χ0n) is 9.71. The number of hydrogen-bond donors (Lipinski definition) is 2. The second kappa shape index (κ2) is 5.53. The Morgan fingerprint density at radius 2 is 2.21 bits per heavy atom. The Bertz CT molecular complexity index is 611. The average Bonchev–Trinajstić information content (AvgIpc) is 2.83. The van der Waals surface area contributed by atoms with Gasteiger partial charge in [-0.2, -0.15) is 5.10 Å². The quantitative estimate of drug-likeness (QED) is 0.895. The zero-order chi connectivity index (χ0) is 13.8. The van der Waals surface area contributed by atoms with Crippen molar-refractivity contribution in [1.29, 1.82) is 0 Å². The minimum absolute atomic E-state index is 0.00862. The number of halogens is 1. The molecule has 1 heterocycles. The molecule has 98 valence electrons. The molecule has 2 aromatic rings. The van der Waals surface area contributed by atoms with E-state index in [1.165, 1.54) is 22.9 Å². The lowest BCUT2D eigenvalue weighted by Gasteiger charge is -2.08. The van der Waals surface area contributed by atoms with E-state index in [1.807, 2.05) is 0 Å². The smallest absolute Gasteiger partial charge is 0.337 e. The first-order valence-electron chi connectivity index (χ1n) is 5.36. The van der Waals surface area contributed by atoms with Crippen molar-refractivity contribution in [1.82, 2.24) is 9.78 Å². The number of carboxylic acid groups (broad SMARTS) is 1. The maximum Gasteiger partial charge on any atom is 0.337 e. The van der Waals surface area contributed by atoms with Gasteiger partial charge in [-0.15, -0.1) is 0 Å². The molecule has 2 rings (SSSR count). The number of benzene rings is 1. The Morgan fingerprint density at radius 3 is 2.84 bits per heavy atom. The number of carbonyl (C=O) groups excluding carboxylic acids is 1. The Balaban J connectivity index is 2.14. The summed E-state index contributed by atoms with van der Waals surface area (Å²) < 4.78 is 1.44. The van der Waals surface area contributed by atoms with Gasteiger partial charge in [-0.1, -0.05) is 11.6 Å². The topological polar surface area (TPSA) is 84.2 Å². The van der Waals surface area contributed by atoms with Crippen LogP contribution in [0.2, 0.25) is 5.02 Å². The summed E-state index contributed by atoms with van der Waals surface area (Å²) in [5.41, 5.74) is 0.148. The lowest BCUT2D eigenvalue weighted by Crippen LogP contribution is -2.20. The van der Waals surface area contributed by atoms with Gasteiger partial charge in [0, 0.05) is 17.4 Å². The summed E-state index contributed by atoms with van der Waals surface area (Å²) in [7, 11) is 0. The maximum atomic E-state index is 11.7. The van der Waals surface area contributed by atoms with Crippen LogP contribution >= 0.6 is 11.6 Å². The highest BCUT2D eigenvalue weighted by Crippen LogP contribution is 2.20. The number of amides is 1. The summed E-state index contributed by atoms with van der Waals surface area (Å²) in [5, 5.41) is 15.7. The summed E-state index contributed by atoms with van der Waals surface area (Å²) in [5.74, 6) is -1.52. The number of carbonyl (C=O) groups is 2. The Labute approximate surface area is 113 Å². The fourth-order valence-corrected chi connectivity index (χ4v) is 1.71. The van der Waals surface area contributed by atoms with Crippen LogP contribution in [0, 0.1) is 0 Å². The van der Waals surface area contributed by atoms with Crippen molar-refractivity contribution < 1.29 is 14.7 Å². The Kier molecular flexibility index (Phi) is 3.82. The third kappa shape index (κ3) is 3.32. The lowest BCUT2D eigenvalue weighted by molar-refractivity contribution is -0.116. The van der Waals surface area contributed by atoms with Crippen molar-refractivity contribution in [3.05, 3.63) is 47.2 Å². The van der Waals surface area contributed by atoms with Gasteiger partial charge in [0.25, 0.3) is 0 Å². The standard InChI is InChI=1S/C12H10ClN3O3/c13-8-2-3-10(9(6-8)12(18)19)15-11(17)7-16-5-1-4-14-16/h1-6H,7H2,(H,15,17)(H,18,19). The number of aromatic nitrogens is 2. The van der Waals surface area contributed by atoms with Gasteiger partial charge in [0.2, 0.25) is 5.91 Å². The van der Waals surface area contributed by atoms with Crippen LogP contribution in [0.5, 0.6) is 0 Å². The molecule has 0 aliphatic carbocycles. The minimum Gasteiger partial charge on any atom is -0.478 e. The molecule has 1 aromatic carbocycles. The number of nitrogens with zero attached hydrogens (tertiary/aromatic N) is 2. The molecule has 0 fully saturated rings. The highest BCUT2D eigenvalue weighted by molar-refractivity contribution is 6.31. The number of aromatic carboxylic acids is 1. The zero-order valence-corrected chi connectivity index (χ0v) is 10.5. The summed E-state index contributed by atoms with van der Waals surface area (Å²) in [6.45, 7) is 0.00862. The second-order valence-corrected chi connectivity index (χ2v) is 4.18. The molecule has 7 heteroatoms. The van der Waals surface area contributed by atoms with Crippen molar-refractivity contribution in [3.8, 4) is 0 Å². The molecule has 1 amide bonds. The van der Waals surface area contributed by atoms with Gasteiger partial charge in [-0.05, 0) is 24.3 Å². The fraction of sp³-hybridized carbons (Fsp3) is 0.0833. The molecule has 1 aromatic heterocycles. The molecule has 0 unspecified atom stereocenters. The highest BCUT2D eigenvalue weighted by atomic mass is 35.5. The molecular formula is C12H10ClN3O3. The molecule has 0 saturated carbocycles. The predicted molar refractivity (Wildman–Crippen MR) is 69.3 cm³/mol. The van der Waals surface area contributed by atoms with E-state index in [4.69, 9.17) is 16.7 Å². The molecular weight excluding hydrogens is 270 g/mol. The van der Waals surface area contributed by atoms with Crippen LogP contribution in [0.1, 0.15) is 10.4 Å². The molecule has 2 N–H and O–H groups in total. The number of hydrogen-bond acceptors (Lipinski definition) is 3. The number of anilines is 1. The molecule has 0 spiro atoms. The van der Waals surface area contributed by atoms with Gasteiger partial charge >= 0.3 is 5.97 Å². The maximum absolute atomic E-state index is 11.7. The van der Waals surface area contributed by atoms with Crippen LogP contribution in [0.4, 0.5) is 5.69 Å². The first-order chi connectivity index (χ1) is 9.06. The van der Waals surface area contributed by atoms with Gasteiger partial charge < -0.3 is 10.4 Å². The number of nitrogens with one attached hydrogen (secondary N) is 1. The fourth-order valence-electron chi connectivity index (χ4n) is 1.53. The van der Waals surface area contributed by atoms with E-state index in [0.29, 0.717) is 5.02 Å². The molecule has 0 aliphatic rings. The number of carboxylic acids is 1. The van der Waals surface area contributed by atoms with Crippen LogP contribution in [0.25, 0.3) is 0 Å². The third-order valence-corrected chi connectivity index (χ3v) is 2.59. The van der Waals surface area contributed by atoms with Gasteiger partial charge in [-0.25, -0.2) is 4.79 Å². The van der Waals surface area contributed by atoms with Crippen molar-refractivity contribution >= 4 is 29.2 Å². The van der Waals surface area contributed by atoms with Crippen LogP contribution in [-0.4, -0.2) is 26.8 Å². The van der Waals surface area contributed by atoms with Crippen molar-refractivity contribution in [2.24, 2.45) is 0 Å². The van der Waals surface area contributed by atoms with Crippen molar-refractivity contribution in [2.45, 2.75) is 6.54 Å². The van der Waals surface area contributed by atoms with Gasteiger partial charge in [0.15, 0.2) is 0 Å². The third-order valence-electron chi connectivity index (χ3n) is 2.35. The van der Waals surface area contributed by atoms with Gasteiger partial charge in [0.05, 0.1) is 11.3 Å².